The predicted molar refractivity (Wildman–Crippen MR) is 75.7 cm³/mol. The fourth-order valence-electron chi connectivity index (χ4n) is 1.69. The molecule has 3 nitrogen and oxygen atoms in total. The Bertz CT molecular complexity index is 815. The van der Waals surface area contributed by atoms with Crippen LogP contribution in [0.2, 0.25) is 0 Å². The summed E-state index contributed by atoms with van der Waals surface area (Å²) in [5.74, 6) is -0.342. The normalized spacial score (nSPS) is 14.2. The Hall–Kier alpha value is -2.15. The average molecular weight is 501 g/mol. The summed E-state index contributed by atoms with van der Waals surface area (Å²) >= 11 is -11.2. The Kier molecular flexibility index (Phi) is 5.50. The molecular weight excluding hydrogens is 493 g/mol. The van der Waals surface area contributed by atoms with Crippen LogP contribution >= 0.6 is 0 Å². The third kappa shape index (κ3) is 9.98. The Morgan fingerprint density at radius 1 is 0.769 bits per heavy atom. The van der Waals surface area contributed by atoms with Crippen LogP contribution in [-0.4, -0.2) is 25.8 Å². The van der Waals surface area contributed by atoms with Crippen LogP contribution in [0.5, 0.6) is 5.75 Å². The summed E-state index contributed by atoms with van der Waals surface area (Å²) in [4.78, 5) is 3.05. The van der Waals surface area contributed by atoms with E-state index in [0.717, 1.165) is 0 Å². The first kappa shape index (κ1) is 21.9. The van der Waals surface area contributed by atoms with E-state index in [2.05, 4.69) is 9.71 Å². The van der Waals surface area contributed by atoms with E-state index < -0.39 is 25.8 Å². The van der Waals surface area contributed by atoms with E-state index in [1.54, 1.807) is 24.3 Å². The van der Waals surface area contributed by atoms with Crippen LogP contribution in [0, 0.1) is 5.39 Å². The molecule has 26 heavy (non-hydrogen) atoms. The molecule has 0 radical (unpaired) electrons. The summed E-state index contributed by atoms with van der Waals surface area (Å²) < 4.78 is 100. The van der Waals surface area contributed by atoms with Gasteiger partial charge in [0.2, 0.25) is 5.39 Å². The van der Waals surface area contributed by atoms with Crippen molar-refractivity contribution >= 4 is 25.2 Å². The standard InChI is InChI=1S/C13H8F3N2O.6FH.Sb/c14-13(15,16)19-12-8-4-2-6-10(12)9-5-1-3-7-11(9)18-17;;;;;;;/h1-8H;6*1H;/q+1;;;;;;;+5/p-6. The topological polar surface area (TPSA) is 37.4 Å². The van der Waals surface area contributed by atoms with Crippen LogP contribution in [-0.2, 0) is 0 Å². The summed E-state index contributed by atoms with van der Waals surface area (Å²) in [7, 11) is 0. The Morgan fingerprint density at radius 3 is 1.65 bits per heavy atom. The van der Waals surface area contributed by atoms with Crippen molar-refractivity contribution in [1.29, 1.82) is 5.39 Å². The fraction of sp³-hybridized carbons (Fsp3) is 0.0769. The Labute approximate surface area is 142 Å². The minimum absolute atomic E-state index is 0.167. The van der Waals surface area contributed by atoms with Crippen molar-refractivity contribution in [3.63, 3.8) is 0 Å². The molecule has 0 saturated carbocycles. The number of hydrogen-bond donors (Lipinski definition) is 0. The molecule has 0 aliphatic carbocycles. The molecular formula is C13H8F9N2OSb. The molecule has 0 aliphatic rings. The second kappa shape index (κ2) is 6.54. The number of hydrogen-bond acceptors (Lipinski definition) is 2. The molecule has 0 aromatic heterocycles. The summed E-state index contributed by atoms with van der Waals surface area (Å²) in [6, 6.07) is 12.0. The van der Waals surface area contributed by atoms with E-state index in [9.17, 15) is 30.0 Å². The van der Waals surface area contributed by atoms with Crippen LogP contribution in [0.25, 0.3) is 16.1 Å². The molecule has 13 heteroatoms. The van der Waals surface area contributed by atoms with E-state index in [4.69, 9.17) is 5.39 Å². The van der Waals surface area contributed by atoms with Crippen LogP contribution in [0.3, 0.4) is 0 Å². The van der Waals surface area contributed by atoms with Crippen molar-refractivity contribution in [2.24, 2.45) is 0 Å². The number of benzene rings is 2. The first-order valence-electron chi connectivity index (χ1n) is 6.32. The molecule has 0 spiro atoms. The fourth-order valence-corrected chi connectivity index (χ4v) is 1.69. The number of alkyl halides is 3. The van der Waals surface area contributed by atoms with Gasteiger partial charge in [-0.15, -0.1) is 13.2 Å². The number of diazo groups is 1. The maximum atomic E-state index is 12.3. The van der Waals surface area contributed by atoms with Gasteiger partial charge in [-0.2, -0.15) is 0 Å². The SMILES string of the molecule is N#[N+]c1ccccc1-c1ccccc1OC(F)(F)F.[F][Sb-]([F])([F])([F])([F])[F]. The third-order valence-electron chi connectivity index (χ3n) is 2.41. The summed E-state index contributed by atoms with van der Waals surface area (Å²) in [5, 5.41) is 8.87. The van der Waals surface area contributed by atoms with Gasteiger partial charge >= 0.3 is 48.4 Å². The molecule has 0 N–H and O–H groups in total. The van der Waals surface area contributed by atoms with E-state index in [-0.39, 0.29) is 17.0 Å². The third-order valence-corrected chi connectivity index (χ3v) is 2.41. The summed E-state index contributed by atoms with van der Waals surface area (Å²) in [6.07, 6.45) is -4.78. The second-order valence-electron chi connectivity index (χ2n) is 4.62. The van der Waals surface area contributed by atoms with Crippen molar-refractivity contribution in [2.75, 3.05) is 0 Å². The van der Waals surface area contributed by atoms with E-state index in [1.807, 2.05) is 0 Å². The van der Waals surface area contributed by atoms with Crippen molar-refractivity contribution in [3.05, 3.63) is 53.5 Å². The number of nitrogens with zero attached hydrogens (tertiary/aromatic N) is 2. The van der Waals surface area contributed by atoms with E-state index in [1.165, 1.54) is 24.3 Å². The molecule has 0 amide bonds. The van der Waals surface area contributed by atoms with Crippen molar-refractivity contribution < 1.29 is 34.8 Å². The van der Waals surface area contributed by atoms with Crippen molar-refractivity contribution in [3.8, 4) is 16.9 Å². The van der Waals surface area contributed by atoms with Gasteiger partial charge in [0.05, 0.1) is 5.56 Å². The van der Waals surface area contributed by atoms with Crippen LogP contribution in [0.4, 0.5) is 35.7 Å². The van der Waals surface area contributed by atoms with E-state index in [0.29, 0.717) is 5.56 Å². The first-order chi connectivity index (χ1) is 11.5. The van der Waals surface area contributed by atoms with Gasteiger partial charge < -0.3 is 4.74 Å². The molecule has 0 bridgehead atoms. The predicted octanol–water partition coefficient (Wildman–Crippen LogP) is 6.88. The van der Waals surface area contributed by atoms with Crippen molar-refractivity contribution in [2.45, 2.75) is 6.36 Å². The number of rotatable bonds is 2. The Morgan fingerprint density at radius 2 is 1.19 bits per heavy atom. The van der Waals surface area contributed by atoms with Gasteiger partial charge in [0, 0.05) is 11.6 Å². The molecule has 2 rings (SSSR count). The van der Waals surface area contributed by atoms with Gasteiger partial charge in [-0.25, -0.2) is 0 Å². The van der Waals surface area contributed by atoms with E-state index >= 15 is 0 Å². The molecule has 0 aliphatic heterocycles. The van der Waals surface area contributed by atoms with Crippen LogP contribution < -0.4 is 4.74 Å². The molecule has 2 aromatic rings. The van der Waals surface area contributed by atoms with Crippen molar-refractivity contribution in [1.82, 2.24) is 0 Å². The maximum absolute atomic E-state index is 12.3. The van der Waals surface area contributed by atoms with Gasteiger partial charge in [0.25, 0.3) is 0 Å². The average Bonchev–Trinajstić information content (AvgIpc) is 2.43. The minimum atomic E-state index is -11.2. The van der Waals surface area contributed by atoms with Gasteiger partial charge in [-0.1, -0.05) is 30.3 Å². The molecule has 0 unspecified atom stereocenters. The summed E-state index contributed by atoms with van der Waals surface area (Å²) in [5.41, 5.74) is 0.721. The molecule has 144 valence electrons. The van der Waals surface area contributed by atoms with Gasteiger partial charge in [0.1, 0.15) is 5.75 Å². The first-order valence-corrected chi connectivity index (χ1v) is 12.1. The summed E-state index contributed by atoms with van der Waals surface area (Å²) in [6.45, 7) is 0. The number of halogens is 9. The zero-order valence-corrected chi connectivity index (χ0v) is 14.8. The monoisotopic (exact) mass is 500 g/mol. The van der Waals surface area contributed by atoms with Gasteiger partial charge in [0.15, 0.2) is 4.98 Å². The van der Waals surface area contributed by atoms with Crippen LogP contribution in [0.15, 0.2) is 48.5 Å². The molecule has 0 atom stereocenters. The van der Waals surface area contributed by atoms with Gasteiger partial charge in [-0.05, 0) is 12.1 Å². The molecule has 0 heterocycles. The van der Waals surface area contributed by atoms with Crippen LogP contribution in [0.1, 0.15) is 0 Å². The quantitative estimate of drug-likeness (QED) is 0.256. The molecule has 0 saturated heterocycles. The van der Waals surface area contributed by atoms with Gasteiger partial charge in [-0.3, -0.25) is 0 Å². The number of ether oxygens (including phenoxy) is 1. The number of para-hydroxylation sites is 1. The Balaban J connectivity index is 0.000000412. The molecule has 2 aromatic carbocycles. The second-order valence-corrected chi connectivity index (χ2v) is 10.1. The molecule has 0 fully saturated rings. The zero-order valence-electron chi connectivity index (χ0n) is 12.3. The zero-order chi connectivity index (χ0) is 20.3.